The van der Waals surface area contributed by atoms with Gasteiger partial charge in [0.05, 0.1) is 15.9 Å². The number of thiazole rings is 1. The number of carbonyl (C=O) groups excluding carboxylic acids is 1. The van der Waals surface area contributed by atoms with E-state index >= 15 is 0 Å². The first-order valence-electron chi connectivity index (χ1n) is 8.47. The van der Waals surface area contributed by atoms with E-state index in [9.17, 15) is 9.59 Å². The summed E-state index contributed by atoms with van der Waals surface area (Å²) in [6, 6.07) is 14.2. The topological polar surface area (TPSA) is 76.9 Å². The molecule has 6 nitrogen and oxygen atoms in total. The van der Waals surface area contributed by atoms with Crippen molar-refractivity contribution in [3.63, 3.8) is 0 Å². The Morgan fingerprint density at radius 1 is 1.14 bits per heavy atom. The highest BCUT2D eigenvalue weighted by molar-refractivity contribution is 7.22. The van der Waals surface area contributed by atoms with Crippen LogP contribution in [0.1, 0.15) is 21.7 Å². The van der Waals surface area contributed by atoms with E-state index in [1.54, 1.807) is 31.2 Å². The molecular formula is C20H15ClN4O2S. The largest absolute Gasteiger partial charge is 0.296 e. The molecule has 0 bridgehead atoms. The van der Waals surface area contributed by atoms with Crippen LogP contribution in [0.4, 0.5) is 5.13 Å². The second-order valence-corrected chi connectivity index (χ2v) is 7.75. The number of aromatic nitrogens is 3. The molecule has 4 aromatic rings. The average molecular weight is 411 g/mol. The average Bonchev–Trinajstić information content (AvgIpc) is 3.06. The lowest BCUT2D eigenvalue weighted by molar-refractivity contribution is 0.101. The smallest absolute Gasteiger partial charge is 0.281 e. The van der Waals surface area contributed by atoms with Crippen LogP contribution in [0.5, 0.6) is 0 Å². The van der Waals surface area contributed by atoms with Crippen molar-refractivity contribution < 1.29 is 4.79 Å². The van der Waals surface area contributed by atoms with E-state index in [1.165, 1.54) is 22.1 Å². The Morgan fingerprint density at radius 3 is 2.61 bits per heavy atom. The number of nitrogens with zero attached hydrogens (tertiary/aromatic N) is 3. The molecule has 28 heavy (non-hydrogen) atoms. The summed E-state index contributed by atoms with van der Waals surface area (Å²) in [5, 5.41) is 7.97. The number of benzene rings is 2. The van der Waals surface area contributed by atoms with E-state index in [0.29, 0.717) is 21.5 Å². The summed E-state index contributed by atoms with van der Waals surface area (Å²) in [6.07, 6.45) is 0. The number of nitrogens with one attached hydrogen (secondary N) is 1. The number of hydrogen-bond donors (Lipinski definition) is 1. The fraction of sp³-hybridized carbons (Fsp3) is 0.100. The number of amides is 1. The lowest BCUT2D eigenvalue weighted by Crippen LogP contribution is -2.26. The van der Waals surface area contributed by atoms with Crippen LogP contribution < -0.4 is 10.7 Å². The molecule has 0 aliphatic rings. The maximum atomic E-state index is 12.7. The molecule has 0 aliphatic carbocycles. The third kappa shape index (κ3) is 3.42. The van der Waals surface area contributed by atoms with Gasteiger partial charge in [-0.1, -0.05) is 35.1 Å². The minimum atomic E-state index is -0.593. The van der Waals surface area contributed by atoms with Gasteiger partial charge in [-0.05, 0) is 49.7 Å². The molecule has 0 spiro atoms. The molecule has 0 fully saturated rings. The Balaban J connectivity index is 1.70. The van der Waals surface area contributed by atoms with E-state index in [-0.39, 0.29) is 5.69 Å². The lowest BCUT2D eigenvalue weighted by Gasteiger charge is -2.11. The first-order chi connectivity index (χ1) is 13.4. The molecular weight excluding hydrogens is 396 g/mol. The number of fused-ring (bicyclic) bond motifs is 1. The number of para-hydroxylation sites is 1. The highest BCUT2D eigenvalue weighted by Gasteiger charge is 2.17. The van der Waals surface area contributed by atoms with Crippen molar-refractivity contribution in [3.8, 4) is 5.69 Å². The van der Waals surface area contributed by atoms with Gasteiger partial charge in [-0.3, -0.25) is 14.9 Å². The third-order valence-electron chi connectivity index (χ3n) is 4.23. The van der Waals surface area contributed by atoms with Crippen molar-refractivity contribution in [1.29, 1.82) is 0 Å². The Bertz CT molecular complexity index is 1260. The van der Waals surface area contributed by atoms with Crippen LogP contribution in [0.3, 0.4) is 0 Å². The first kappa shape index (κ1) is 18.3. The maximum Gasteiger partial charge on any atom is 0.281 e. The predicted octanol–water partition coefficient (Wildman–Crippen LogP) is 4.36. The van der Waals surface area contributed by atoms with Crippen LogP contribution in [0.2, 0.25) is 5.02 Å². The van der Waals surface area contributed by atoms with Gasteiger partial charge >= 0.3 is 0 Å². The minimum Gasteiger partial charge on any atom is -0.296 e. The summed E-state index contributed by atoms with van der Waals surface area (Å²) in [5.74, 6) is -0.593. The molecule has 2 heterocycles. The van der Waals surface area contributed by atoms with Gasteiger partial charge in [-0.2, -0.15) is 5.10 Å². The zero-order valence-corrected chi connectivity index (χ0v) is 16.6. The number of carbonyl (C=O) groups is 1. The molecule has 0 radical (unpaired) electrons. The van der Waals surface area contributed by atoms with Crippen LogP contribution in [0, 0.1) is 13.8 Å². The molecule has 0 saturated carbocycles. The van der Waals surface area contributed by atoms with Gasteiger partial charge in [0, 0.05) is 16.8 Å². The number of rotatable bonds is 3. The Kier molecular flexibility index (Phi) is 4.70. The van der Waals surface area contributed by atoms with Crippen molar-refractivity contribution in [2.75, 3.05) is 5.32 Å². The highest BCUT2D eigenvalue weighted by Crippen LogP contribution is 2.28. The normalized spacial score (nSPS) is 11.0. The summed E-state index contributed by atoms with van der Waals surface area (Å²) in [6.45, 7) is 3.71. The molecule has 0 aliphatic heterocycles. The number of anilines is 1. The monoisotopic (exact) mass is 410 g/mol. The van der Waals surface area contributed by atoms with Crippen molar-refractivity contribution in [2.45, 2.75) is 13.8 Å². The first-order valence-corrected chi connectivity index (χ1v) is 9.66. The van der Waals surface area contributed by atoms with Gasteiger partial charge in [0.25, 0.3) is 5.91 Å². The van der Waals surface area contributed by atoms with E-state index in [4.69, 9.17) is 11.6 Å². The van der Waals surface area contributed by atoms with Crippen molar-refractivity contribution in [3.05, 3.63) is 80.7 Å². The number of halogens is 1. The molecule has 1 amide bonds. The Labute approximate surface area is 169 Å². The molecule has 0 unspecified atom stereocenters. The number of aryl methyl sites for hydroxylation is 2. The van der Waals surface area contributed by atoms with Crippen LogP contribution >= 0.6 is 22.9 Å². The lowest BCUT2D eigenvalue weighted by atomic mass is 10.2. The summed E-state index contributed by atoms with van der Waals surface area (Å²) in [4.78, 5) is 29.5. The van der Waals surface area contributed by atoms with Gasteiger partial charge < -0.3 is 0 Å². The number of hydrogen-bond acceptors (Lipinski definition) is 5. The molecule has 140 valence electrons. The van der Waals surface area contributed by atoms with Gasteiger partial charge in [-0.25, -0.2) is 9.67 Å². The zero-order chi connectivity index (χ0) is 19.8. The van der Waals surface area contributed by atoms with Crippen LogP contribution in [-0.4, -0.2) is 20.7 Å². The molecule has 2 aromatic heterocycles. The molecule has 0 saturated heterocycles. The van der Waals surface area contributed by atoms with Crippen LogP contribution in [-0.2, 0) is 0 Å². The highest BCUT2D eigenvalue weighted by atomic mass is 35.5. The Hall–Kier alpha value is -3.03. The molecule has 0 atom stereocenters. The fourth-order valence-corrected chi connectivity index (χ4v) is 3.91. The van der Waals surface area contributed by atoms with Crippen LogP contribution in [0.15, 0.2) is 53.3 Å². The Morgan fingerprint density at radius 2 is 1.89 bits per heavy atom. The fourth-order valence-electron chi connectivity index (χ4n) is 2.84. The molecule has 4 rings (SSSR count). The van der Waals surface area contributed by atoms with Gasteiger partial charge in [0.15, 0.2) is 10.8 Å². The van der Waals surface area contributed by atoms with Gasteiger partial charge in [0.1, 0.15) is 0 Å². The predicted molar refractivity (Wildman–Crippen MR) is 112 cm³/mol. The standard InChI is InChI=1S/C20H15ClN4O2S/c1-11-4-3-5-16-17(11)22-20(28-16)23-19(27)18-15(26)10-12(2)25(24-18)14-8-6-13(21)7-9-14/h3-10H,1-2H3,(H,22,23,27). The maximum absolute atomic E-state index is 12.7. The quantitative estimate of drug-likeness (QED) is 0.544. The summed E-state index contributed by atoms with van der Waals surface area (Å²) >= 11 is 7.28. The summed E-state index contributed by atoms with van der Waals surface area (Å²) in [7, 11) is 0. The van der Waals surface area contributed by atoms with E-state index < -0.39 is 11.3 Å². The van der Waals surface area contributed by atoms with Crippen LogP contribution in [0.25, 0.3) is 15.9 Å². The summed E-state index contributed by atoms with van der Waals surface area (Å²) in [5.41, 5.74) is 2.52. The van der Waals surface area contributed by atoms with Crippen molar-refractivity contribution in [1.82, 2.24) is 14.8 Å². The minimum absolute atomic E-state index is 0.198. The van der Waals surface area contributed by atoms with Crippen molar-refractivity contribution >= 4 is 44.2 Å². The second kappa shape index (κ2) is 7.18. The molecule has 2 aromatic carbocycles. The van der Waals surface area contributed by atoms with Crippen molar-refractivity contribution in [2.24, 2.45) is 0 Å². The molecule has 1 N–H and O–H groups in total. The summed E-state index contributed by atoms with van der Waals surface area (Å²) < 4.78 is 2.50. The zero-order valence-electron chi connectivity index (χ0n) is 15.1. The SMILES string of the molecule is Cc1cccc2sc(NC(=O)c3nn(-c4ccc(Cl)cc4)c(C)cc3=O)nc12. The third-order valence-corrected chi connectivity index (χ3v) is 5.42. The van der Waals surface area contributed by atoms with E-state index in [0.717, 1.165) is 15.8 Å². The second-order valence-electron chi connectivity index (χ2n) is 6.28. The molecule has 8 heteroatoms. The van der Waals surface area contributed by atoms with Gasteiger partial charge in [0.2, 0.25) is 5.43 Å². The van der Waals surface area contributed by atoms with E-state index in [1.807, 2.05) is 25.1 Å². The van der Waals surface area contributed by atoms with Gasteiger partial charge in [-0.15, -0.1) is 0 Å². The van der Waals surface area contributed by atoms with E-state index in [2.05, 4.69) is 15.4 Å².